The molecule has 0 aliphatic rings. The predicted molar refractivity (Wildman–Crippen MR) is 60.6 cm³/mol. The molecular weight excluding hydrogens is 260 g/mol. The molecule has 1 aromatic heterocycles. The first kappa shape index (κ1) is 12.1. The van der Waals surface area contributed by atoms with Gasteiger partial charge in [-0.05, 0) is 28.4 Å². The second-order valence-electron chi connectivity index (χ2n) is 3.16. The van der Waals surface area contributed by atoms with Crippen molar-refractivity contribution in [2.45, 2.75) is 19.4 Å². The number of aliphatic hydroxyl groups excluding tert-OH is 1. The molecule has 1 unspecified atom stereocenters. The second kappa shape index (κ2) is 5.82. The minimum atomic E-state index is -0.492. The van der Waals surface area contributed by atoms with Crippen molar-refractivity contribution in [3.63, 3.8) is 0 Å². The first-order valence-electron chi connectivity index (χ1n) is 4.70. The molecular formula is C10H13BrN2O2. The zero-order valence-corrected chi connectivity index (χ0v) is 9.99. The molecule has 0 aromatic carbocycles. The van der Waals surface area contributed by atoms with Crippen LogP contribution in [0.4, 0.5) is 0 Å². The Morgan fingerprint density at radius 3 is 3.00 bits per heavy atom. The highest BCUT2D eigenvalue weighted by Crippen LogP contribution is 2.09. The molecule has 0 aliphatic heterocycles. The van der Waals surface area contributed by atoms with Gasteiger partial charge in [0.15, 0.2) is 0 Å². The number of rotatable bonds is 4. The number of nitrogens with one attached hydrogen (secondary N) is 1. The first-order chi connectivity index (χ1) is 7.13. The number of aliphatic hydroxyl groups is 1. The van der Waals surface area contributed by atoms with E-state index in [9.17, 15) is 9.90 Å². The molecule has 5 heteroatoms. The van der Waals surface area contributed by atoms with Crippen LogP contribution in [-0.4, -0.2) is 28.6 Å². The molecule has 0 radical (unpaired) electrons. The molecule has 4 nitrogen and oxygen atoms in total. The van der Waals surface area contributed by atoms with Gasteiger partial charge < -0.3 is 10.4 Å². The van der Waals surface area contributed by atoms with Crippen molar-refractivity contribution in [3.05, 3.63) is 28.5 Å². The molecule has 82 valence electrons. The number of hydrogen-bond acceptors (Lipinski definition) is 3. The van der Waals surface area contributed by atoms with Crippen LogP contribution in [0.15, 0.2) is 22.9 Å². The Morgan fingerprint density at radius 1 is 1.67 bits per heavy atom. The minimum Gasteiger partial charge on any atom is -0.391 e. The van der Waals surface area contributed by atoms with Crippen molar-refractivity contribution in [2.24, 2.45) is 0 Å². The van der Waals surface area contributed by atoms with Gasteiger partial charge in [-0.2, -0.15) is 0 Å². The van der Waals surface area contributed by atoms with Gasteiger partial charge in [-0.1, -0.05) is 6.92 Å². The van der Waals surface area contributed by atoms with E-state index in [1.54, 1.807) is 12.3 Å². The number of carbonyl (C=O) groups is 1. The summed E-state index contributed by atoms with van der Waals surface area (Å²) in [5, 5.41) is 11.9. The Labute approximate surface area is 96.8 Å². The van der Waals surface area contributed by atoms with Gasteiger partial charge in [0.2, 0.25) is 0 Å². The van der Waals surface area contributed by atoms with Gasteiger partial charge in [-0.3, -0.25) is 9.78 Å². The number of aromatic nitrogens is 1. The maximum atomic E-state index is 11.5. The summed E-state index contributed by atoms with van der Waals surface area (Å²) in [5.41, 5.74) is 0.479. The van der Waals surface area contributed by atoms with Gasteiger partial charge in [0.25, 0.3) is 5.91 Å². The smallest absolute Gasteiger partial charge is 0.252 e. The Balaban J connectivity index is 2.54. The summed E-state index contributed by atoms with van der Waals surface area (Å²) in [6.07, 6.45) is 3.22. The molecule has 0 fully saturated rings. The monoisotopic (exact) mass is 272 g/mol. The summed E-state index contributed by atoms with van der Waals surface area (Å²) in [6.45, 7) is 2.12. The largest absolute Gasteiger partial charge is 0.391 e. The molecule has 15 heavy (non-hydrogen) atoms. The third-order valence-electron chi connectivity index (χ3n) is 1.94. The highest BCUT2D eigenvalue weighted by atomic mass is 79.9. The van der Waals surface area contributed by atoms with Crippen molar-refractivity contribution in [1.29, 1.82) is 0 Å². The fourth-order valence-corrected chi connectivity index (χ4v) is 1.36. The number of hydrogen-bond donors (Lipinski definition) is 2. The van der Waals surface area contributed by atoms with E-state index in [0.717, 1.165) is 4.47 Å². The van der Waals surface area contributed by atoms with Crippen molar-refractivity contribution < 1.29 is 9.90 Å². The minimum absolute atomic E-state index is 0.226. The lowest BCUT2D eigenvalue weighted by molar-refractivity contribution is 0.0913. The Hall–Kier alpha value is -0.940. The Kier molecular flexibility index (Phi) is 4.71. The van der Waals surface area contributed by atoms with Gasteiger partial charge in [0, 0.05) is 23.4 Å². The van der Waals surface area contributed by atoms with E-state index in [1.807, 2.05) is 6.92 Å². The lowest BCUT2D eigenvalue weighted by Crippen LogP contribution is -2.31. The molecule has 2 N–H and O–H groups in total. The third kappa shape index (κ3) is 3.97. The van der Waals surface area contributed by atoms with E-state index in [-0.39, 0.29) is 12.5 Å². The Bertz CT molecular complexity index is 344. The van der Waals surface area contributed by atoms with Crippen LogP contribution in [-0.2, 0) is 0 Å². The van der Waals surface area contributed by atoms with E-state index >= 15 is 0 Å². The predicted octanol–water partition coefficient (Wildman–Crippen LogP) is 1.34. The molecule has 0 aliphatic carbocycles. The Morgan fingerprint density at radius 2 is 2.40 bits per heavy atom. The van der Waals surface area contributed by atoms with Gasteiger partial charge in [0.05, 0.1) is 11.7 Å². The number of carbonyl (C=O) groups excluding carboxylic acids is 1. The maximum absolute atomic E-state index is 11.5. The van der Waals surface area contributed by atoms with E-state index in [2.05, 4.69) is 26.2 Å². The van der Waals surface area contributed by atoms with Gasteiger partial charge in [-0.15, -0.1) is 0 Å². The average molecular weight is 273 g/mol. The molecule has 1 amide bonds. The number of amides is 1. The molecule has 0 saturated heterocycles. The zero-order chi connectivity index (χ0) is 11.3. The van der Waals surface area contributed by atoms with Crippen molar-refractivity contribution in [3.8, 4) is 0 Å². The van der Waals surface area contributed by atoms with Crippen molar-refractivity contribution >= 4 is 21.8 Å². The van der Waals surface area contributed by atoms with Crippen LogP contribution in [0.2, 0.25) is 0 Å². The van der Waals surface area contributed by atoms with Gasteiger partial charge >= 0.3 is 0 Å². The van der Waals surface area contributed by atoms with Crippen LogP contribution in [0.5, 0.6) is 0 Å². The highest BCUT2D eigenvalue weighted by molar-refractivity contribution is 9.10. The van der Waals surface area contributed by atoms with E-state index in [0.29, 0.717) is 12.0 Å². The molecule has 0 saturated carbocycles. The molecule has 0 spiro atoms. The van der Waals surface area contributed by atoms with E-state index < -0.39 is 6.10 Å². The van der Waals surface area contributed by atoms with Crippen LogP contribution in [0.3, 0.4) is 0 Å². The normalized spacial score (nSPS) is 12.2. The van der Waals surface area contributed by atoms with Gasteiger partial charge in [0.1, 0.15) is 0 Å². The van der Waals surface area contributed by atoms with Crippen LogP contribution < -0.4 is 5.32 Å². The fraction of sp³-hybridized carbons (Fsp3) is 0.400. The summed E-state index contributed by atoms with van der Waals surface area (Å²) in [5.74, 6) is -0.226. The standard InChI is InChI=1S/C10H13BrN2O2/c1-2-9(14)6-13-10(15)7-3-8(11)5-12-4-7/h3-5,9,14H,2,6H2,1H3,(H,13,15). The van der Waals surface area contributed by atoms with Gasteiger partial charge in [-0.25, -0.2) is 0 Å². The summed E-state index contributed by atoms with van der Waals surface area (Å²) < 4.78 is 0.756. The number of nitrogens with zero attached hydrogens (tertiary/aromatic N) is 1. The average Bonchev–Trinajstić information content (AvgIpc) is 2.25. The molecule has 1 heterocycles. The molecule has 1 atom stereocenters. The highest BCUT2D eigenvalue weighted by Gasteiger charge is 2.08. The lowest BCUT2D eigenvalue weighted by Gasteiger charge is -2.09. The first-order valence-corrected chi connectivity index (χ1v) is 5.49. The van der Waals surface area contributed by atoms with Crippen LogP contribution >= 0.6 is 15.9 Å². The van der Waals surface area contributed by atoms with Crippen molar-refractivity contribution in [1.82, 2.24) is 10.3 Å². The summed E-state index contributed by atoms with van der Waals surface area (Å²) in [7, 11) is 0. The fourth-order valence-electron chi connectivity index (χ4n) is 0.993. The molecule has 1 aromatic rings. The van der Waals surface area contributed by atoms with E-state index in [1.165, 1.54) is 6.20 Å². The van der Waals surface area contributed by atoms with Crippen LogP contribution in [0, 0.1) is 0 Å². The summed E-state index contributed by atoms with van der Waals surface area (Å²) in [4.78, 5) is 15.4. The van der Waals surface area contributed by atoms with Crippen molar-refractivity contribution in [2.75, 3.05) is 6.54 Å². The topological polar surface area (TPSA) is 62.2 Å². The SMILES string of the molecule is CCC(O)CNC(=O)c1cncc(Br)c1. The van der Waals surface area contributed by atoms with Crippen LogP contribution in [0.25, 0.3) is 0 Å². The summed E-state index contributed by atoms with van der Waals surface area (Å²) in [6, 6.07) is 1.68. The quantitative estimate of drug-likeness (QED) is 0.870. The maximum Gasteiger partial charge on any atom is 0.252 e. The number of halogens is 1. The second-order valence-corrected chi connectivity index (χ2v) is 4.08. The molecule has 0 bridgehead atoms. The van der Waals surface area contributed by atoms with E-state index in [4.69, 9.17) is 0 Å². The number of pyridine rings is 1. The zero-order valence-electron chi connectivity index (χ0n) is 8.40. The lowest BCUT2D eigenvalue weighted by atomic mass is 10.2. The summed E-state index contributed by atoms with van der Waals surface area (Å²) >= 11 is 3.23. The third-order valence-corrected chi connectivity index (χ3v) is 2.37. The van der Waals surface area contributed by atoms with Crippen LogP contribution in [0.1, 0.15) is 23.7 Å². The molecule has 1 rings (SSSR count).